The van der Waals surface area contributed by atoms with Gasteiger partial charge in [-0.1, -0.05) is 0 Å². The minimum atomic E-state index is -4.44. The molecule has 0 bridgehead atoms. The summed E-state index contributed by atoms with van der Waals surface area (Å²) < 4.78 is 61.7. The smallest absolute Gasteiger partial charge is 0.383 e. The van der Waals surface area contributed by atoms with Crippen LogP contribution in [0.15, 0.2) is 23.2 Å². The molecule has 1 heterocycles. The summed E-state index contributed by atoms with van der Waals surface area (Å²) in [6, 6.07) is 1.22. The molecule has 5 nitrogen and oxygen atoms in total. The van der Waals surface area contributed by atoms with E-state index in [1.54, 1.807) is 0 Å². The van der Waals surface area contributed by atoms with Gasteiger partial charge in [-0.05, 0) is 19.1 Å². The standard InChI is InChI=1S/C9H12F3N3O2S/c1-6(5-9(10,11)12)15-18(16,17)7-3-2-4-14-8(7)13/h2-4,6,15H,5H2,1H3,(H2,13,14). The number of hydrogen-bond donors (Lipinski definition) is 2. The van der Waals surface area contributed by atoms with Gasteiger partial charge in [-0.25, -0.2) is 18.1 Å². The molecule has 9 heteroatoms. The highest BCUT2D eigenvalue weighted by molar-refractivity contribution is 7.89. The largest absolute Gasteiger partial charge is 0.390 e. The molecule has 1 atom stereocenters. The molecule has 0 amide bonds. The molecule has 0 saturated carbocycles. The Morgan fingerprint density at radius 1 is 1.50 bits per heavy atom. The summed E-state index contributed by atoms with van der Waals surface area (Å²) in [7, 11) is -4.10. The van der Waals surface area contributed by atoms with Crippen LogP contribution in [-0.4, -0.2) is 25.6 Å². The average molecular weight is 283 g/mol. The highest BCUT2D eigenvalue weighted by Crippen LogP contribution is 2.23. The number of halogens is 3. The Kier molecular flexibility index (Phi) is 4.17. The lowest BCUT2D eigenvalue weighted by Gasteiger charge is -2.16. The fourth-order valence-corrected chi connectivity index (χ4v) is 2.67. The summed E-state index contributed by atoms with van der Waals surface area (Å²) in [5.41, 5.74) is 5.36. The van der Waals surface area contributed by atoms with Crippen molar-refractivity contribution in [2.75, 3.05) is 5.73 Å². The van der Waals surface area contributed by atoms with E-state index >= 15 is 0 Å². The zero-order valence-electron chi connectivity index (χ0n) is 9.40. The van der Waals surface area contributed by atoms with E-state index in [2.05, 4.69) is 4.98 Å². The summed E-state index contributed by atoms with van der Waals surface area (Å²) in [6.45, 7) is 1.12. The van der Waals surface area contributed by atoms with Crippen molar-refractivity contribution in [3.8, 4) is 0 Å². The molecule has 0 saturated heterocycles. The maximum atomic E-state index is 12.1. The first-order chi connectivity index (χ1) is 8.12. The Morgan fingerprint density at radius 3 is 2.61 bits per heavy atom. The van der Waals surface area contributed by atoms with Crippen molar-refractivity contribution in [3.05, 3.63) is 18.3 Å². The van der Waals surface area contributed by atoms with Crippen molar-refractivity contribution < 1.29 is 21.6 Å². The van der Waals surface area contributed by atoms with E-state index in [4.69, 9.17) is 5.73 Å². The SMILES string of the molecule is CC(CC(F)(F)F)NS(=O)(=O)c1cccnc1N. The molecular weight excluding hydrogens is 271 g/mol. The maximum Gasteiger partial charge on any atom is 0.390 e. The first-order valence-corrected chi connectivity index (χ1v) is 6.40. The number of pyridine rings is 1. The van der Waals surface area contributed by atoms with E-state index < -0.39 is 28.7 Å². The summed E-state index contributed by atoms with van der Waals surface area (Å²) in [5, 5.41) is 0. The lowest BCUT2D eigenvalue weighted by molar-refractivity contribution is -0.137. The van der Waals surface area contributed by atoms with Crippen molar-refractivity contribution >= 4 is 15.8 Å². The first kappa shape index (κ1) is 14.7. The van der Waals surface area contributed by atoms with Crippen LogP contribution in [-0.2, 0) is 10.0 Å². The third-order valence-corrected chi connectivity index (χ3v) is 3.62. The quantitative estimate of drug-likeness (QED) is 0.871. The van der Waals surface area contributed by atoms with Crippen LogP contribution in [0.2, 0.25) is 0 Å². The summed E-state index contributed by atoms with van der Waals surface area (Å²) in [5.74, 6) is -0.260. The number of nitrogens with zero attached hydrogens (tertiary/aromatic N) is 1. The normalized spacial score (nSPS) is 14.4. The van der Waals surface area contributed by atoms with Crippen LogP contribution < -0.4 is 10.5 Å². The first-order valence-electron chi connectivity index (χ1n) is 4.91. The molecule has 1 aromatic heterocycles. The van der Waals surface area contributed by atoms with E-state index in [-0.39, 0.29) is 10.7 Å². The highest BCUT2D eigenvalue weighted by Gasteiger charge is 2.32. The lowest BCUT2D eigenvalue weighted by atomic mass is 10.2. The van der Waals surface area contributed by atoms with Gasteiger partial charge in [0.1, 0.15) is 10.7 Å². The summed E-state index contributed by atoms with van der Waals surface area (Å²) in [6.07, 6.45) is -4.41. The molecule has 0 aliphatic carbocycles. The Hall–Kier alpha value is -1.35. The molecule has 0 radical (unpaired) electrons. The van der Waals surface area contributed by atoms with Gasteiger partial charge < -0.3 is 5.73 Å². The average Bonchev–Trinajstić information content (AvgIpc) is 2.13. The van der Waals surface area contributed by atoms with E-state index in [1.807, 2.05) is 4.72 Å². The molecule has 0 aliphatic heterocycles. The molecule has 0 fully saturated rings. The fraction of sp³-hybridized carbons (Fsp3) is 0.444. The van der Waals surface area contributed by atoms with Crippen LogP contribution in [0, 0.1) is 0 Å². The number of alkyl halides is 3. The van der Waals surface area contributed by atoms with E-state index in [9.17, 15) is 21.6 Å². The number of hydrogen-bond acceptors (Lipinski definition) is 4. The minimum Gasteiger partial charge on any atom is -0.383 e. The Bertz CT molecular complexity index is 516. The number of aromatic nitrogens is 1. The maximum absolute atomic E-state index is 12.1. The molecular formula is C9H12F3N3O2S. The predicted octanol–water partition coefficient (Wildman–Crippen LogP) is 1.28. The molecule has 0 aliphatic rings. The second-order valence-corrected chi connectivity index (χ2v) is 5.41. The molecule has 102 valence electrons. The third kappa shape index (κ3) is 4.15. The second-order valence-electron chi connectivity index (χ2n) is 3.73. The van der Waals surface area contributed by atoms with Gasteiger partial charge in [0.25, 0.3) is 0 Å². The van der Waals surface area contributed by atoms with Gasteiger partial charge in [0.2, 0.25) is 10.0 Å². The molecule has 1 aromatic rings. The zero-order chi connectivity index (χ0) is 14.0. The number of nitrogens with one attached hydrogen (secondary N) is 1. The molecule has 18 heavy (non-hydrogen) atoms. The van der Waals surface area contributed by atoms with E-state index in [1.165, 1.54) is 18.3 Å². The van der Waals surface area contributed by atoms with Crippen LogP contribution in [0.25, 0.3) is 0 Å². The van der Waals surface area contributed by atoms with Gasteiger partial charge in [-0.15, -0.1) is 0 Å². The molecule has 3 N–H and O–H groups in total. The summed E-state index contributed by atoms with van der Waals surface area (Å²) in [4.78, 5) is 3.23. The highest BCUT2D eigenvalue weighted by atomic mass is 32.2. The molecule has 0 aromatic carbocycles. The monoisotopic (exact) mass is 283 g/mol. The molecule has 0 spiro atoms. The number of nitrogens with two attached hydrogens (primary N) is 1. The van der Waals surface area contributed by atoms with Gasteiger partial charge >= 0.3 is 6.18 Å². The van der Waals surface area contributed by atoms with Crippen molar-refractivity contribution in [2.24, 2.45) is 0 Å². The Balaban J connectivity index is 2.87. The van der Waals surface area contributed by atoms with Gasteiger partial charge in [-0.2, -0.15) is 13.2 Å². The summed E-state index contributed by atoms with van der Waals surface area (Å²) >= 11 is 0. The van der Waals surface area contributed by atoms with E-state index in [0.29, 0.717) is 0 Å². The van der Waals surface area contributed by atoms with Gasteiger partial charge in [0.15, 0.2) is 0 Å². The lowest BCUT2D eigenvalue weighted by Crippen LogP contribution is -2.36. The van der Waals surface area contributed by atoms with Crippen LogP contribution in [0.3, 0.4) is 0 Å². The molecule has 1 unspecified atom stereocenters. The van der Waals surface area contributed by atoms with Crippen LogP contribution in [0.5, 0.6) is 0 Å². The van der Waals surface area contributed by atoms with Gasteiger partial charge in [-0.3, -0.25) is 0 Å². The van der Waals surface area contributed by atoms with Crippen LogP contribution >= 0.6 is 0 Å². The fourth-order valence-electron chi connectivity index (χ4n) is 1.35. The molecule has 1 rings (SSSR count). The Morgan fingerprint density at radius 2 is 2.11 bits per heavy atom. The number of rotatable bonds is 4. The number of sulfonamides is 1. The van der Waals surface area contributed by atoms with Crippen LogP contribution in [0.1, 0.15) is 13.3 Å². The van der Waals surface area contributed by atoms with Crippen LogP contribution in [0.4, 0.5) is 19.0 Å². The van der Waals surface area contributed by atoms with E-state index in [0.717, 1.165) is 6.92 Å². The topological polar surface area (TPSA) is 85.1 Å². The zero-order valence-corrected chi connectivity index (χ0v) is 10.2. The predicted molar refractivity (Wildman–Crippen MR) is 59.1 cm³/mol. The number of anilines is 1. The third-order valence-electron chi connectivity index (χ3n) is 1.98. The number of nitrogen functional groups attached to an aromatic ring is 1. The van der Waals surface area contributed by atoms with Gasteiger partial charge in [0, 0.05) is 12.2 Å². The Labute approximate surface area is 102 Å². The van der Waals surface area contributed by atoms with Crippen molar-refractivity contribution in [3.63, 3.8) is 0 Å². The van der Waals surface area contributed by atoms with Crippen molar-refractivity contribution in [2.45, 2.75) is 30.5 Å². The van der Waals surface area contributed by atoms with Crippen molar-refractivity contribution in [1.29, 1.82) is 0 Å². The minimum absolute atomic E-state index is 0.260. The second kappa shape index (κ2) is 5.11. The van der Waals surface area contributed by atoms with Gasteiger partial charge in [0.05, 0.1) is 6.42 Å². The van der Waals surface area contributed by atoms with Crippen molar-refractivity contribution in [1.82, 2.24) is 9.71 Å².